The van der Waals surface area contributed by atoms with Crippen molar-refractivity contribution in [2.45, 2.75) is 76.2 Å². The van der Waals surface area contributed by atoms with E-state index >= 15 is 0 Å². The fourth-order valence-corrected chi connectivity index (χ4v) is 3.09. The van der Waals surface area contributed by atoms with Crippen molar-refractivity contribution in [3.05, 3.63) is 0 Å². The molecule has 0 aromatic rings. The summed E-state index contributed by atoms with van der Waals surface area (Å²) < 4.78 is 6.22. The molecular formula is C13H26N2O. The van der Waals surface area contributed by atoms with E-state index in [9.17, 15) is 0 Å². The van der Waals surface area contributed by atoms with Crippen molar-refractivity contribution in [2.75, 3.05) is 0 Å². The van der Waals surface area contributed by atoms with E-state index in [-0.39, 0.29) is 12.1 Å². The van der Waals surface area contributed by atoms with Crippen molar-refractivity contribution in [1.29, 1.82) is 0 Å². The lowest BCUT2D eigenvalue weighted by atomic mass is 9.86. The molecule has 5 unspecified atom stereocenters. The van der Waals surface area contributed by atoms with E-state index in [0.29, 0.717) is 18.1 Å². The van der Waals surface area contributed by atoms with Crippen molar-refractivity contribution in [3.63, 3.8) is 0 Å². The molecule has 2 fully saturated rings. The molecule has 0 amide bonds. The van der Waals surface area contributed by atoms with E-state index in [1.165, 1.54) is 25.7 Å². The van der Waals surface area contributed by atoms with Crippen LogP contribution in [0.1, 0.15) is 51.9 Å². The van der Waals surface area contributed by atoms with Gasteiger partial charge in [-0.2, -0.15) is 0 Å². The first-order valence-corrected chi connectivity index (χ1v) is 6.83. The van der Waals surface area contributed by atoms with Crippen molar-refractivity contribution >= 4 is 0 Å². The number of hydrogen-bond acceptors (Lipinski definition) is 3. The van der Waals surface area contributed by atoms with Crippen molar-refractivity contribution < 1.29 is 4.74 Å². The highest BCUT2D eigenvalue weighted by molar-refractivity contribution is 4.87. The monoisotopic (exact) mass is 226 g/mol. The van der Waals surface area contributed by atoms with Gasteiger partial charge in [0.25, 0.3) is 0 Å². The molecule has 0 bridgehead atoms. The fraction of sp³-hybridized carbons (Fsp3) is 1.00. The Balaban J connectivity index is 1.83. The topological polar surface area (TPSA) is 61.3 Å². The molecule has 2 saturated carbocycles. The van der Waals surface area contributed by atoms with Gasteiger partial charge in [-0.3, -0.25) is 0 Å². The molecule has 3 nitrogen and oxygen atoms in total. The normalized spacial score (nSPS) is 45.6. The number of nitrogens with two attached hydrogens (primary N) is 2. The Bertz CT molecular complexity index is 222. The van der Waals surface area contributed by atoms with Crippen LogP contribution in [-0.4, -0.2) is 24.3 Å². The highest BCUT2D eigenvalue weighted by Crippen LogP contribution is 2.30. The zero-order valence-corrected chi connectivity index (χ0v) is 10.4. The van der Waals surface area contributed by atoms with Gasteiger partial charge in [-0.15, -0.1) is 0 Å². The average molecular weight is 226 g/mol. The molecule has 3 heteroatoms. The molecule has 2 rings (SSSR count). The lowest BCUT2D eigenvalue weighted by molar-refractivity contribution is -0.0774. The summed E-state index contributed by atoms with van der Waals surface area (Å²) in [6.07, 6.45) is 8.95. The van der Waals surface area contributed by atoms with E-state index in [4.69, 9.17) is 16.2 Å². The standard InChI is InChI=1S/C13H26N2O/c1-9-4-2-3-5-12(9)16-13-7-6-10(14)8-11(13)15/h9-13H,2-8,14-15H2,1H3. The van der Waals surface area contributed by atoms with Gasteiger partial charge in [-0.25, -0.2) is 0 Å². The summed E-state index contributed by atoms with van der Waals surface area (Å²) in [5.74, 6) is 0.705. The van der Waals surface area contributed by atoms with Crippen LogP contribution in [0.4, 0.5) is 0 Å². The zero-order chi connectivity index (χ0) is 11.5. The van der Waals surface area contributed by atoms with Gasteiger partial charge in [-0.1, -0.05) is 19.8 Å². The van der Waals surface area contributed by atoms with E-state index < -0.39 is 0 Å². The second-order valence-corrected chi connectivity index (χ2v) is 5.71. The maximum atomic E-state index is 6.22. The second kappa shape index (κ2) is 5.48. The van der Waals surface area contributed by atoms with E-state index in [1.807, 2.05) is 0 Å². The Morgan fingerprint density at radius 3 is 2.38 bits per heavy atom. The minimum Gasteiger partial charge on any atom is -0.373 e. The van der Waals surface area contributed by atoms with Crippen LogP contribution in [-0.2, 0) is 4.74 Å². The fourth-order valence-electron chi connectivity index (χ4n) is 3.09. The summed E-state index contributed by atoms with van der Waals surface area (Å²) in [5.41, 5.74) is 12.0. The molecular weight excluding hydrogens is 200 g/mol. The molecule has 0 aliphatic heterocycles. The van der Waals surface area contributed by atoms with Crippen LogP contribution >= 0.6 is 0 Å². The van der Waals surface area contributed by atoms with Gasteiger partial charge in [0.2, 0.25) is 0 Å². The molecule has 5 atom stereocenters. The number of ether oxygens (including phenoxy) is 1. The Morgan fingerprint density at radius 2 is 1.69 bits per heavy atom. The van der Waals surface area contributed by atoms with E-state index in [2.05, 4.69) is 6.92 Å². The Kier molecular flexibility index (Phi) is 4.22. The predicted octanol–water partition coefficient (Wildman–Crippen LogP) is 1.79. The zero-order valence-electron chi connectivity index (χ0n) is 10.4. The lowest BCUT2D eigenvalue weighted by Gasteiger charge is -2.38. The summed E-state index contributed by atoms with van der Waals surface area (Å²) in [6.45, 7) is 2.31. The van der Waals surface area contributed by atoms with E-state index in [0.717, 1.165) is 19.3 Å². The third-order valence-corrected chi connectivity index (χ3v) is 4.26. The number of rotatable bonds is 2. The van der Waals surface area contributed by atoms with Crippen LogP contribution < -0.4 is 11.5 Å². The lowest BCUT2D eigenvalue weighted by Crippen LogP contribution is -2.48. The first kappa shape index (κ1) is 12.3. The summed E-state index contributed by atoms with van der Waals surface area (Å²) in [7, 11) is 0. The molecule has 2 aliphatic rings. The largest absolute Gasteiger partial charge is 0.373 e. The van der Waals surface area contributed by atoms with Gasteiger partial charge < -0.3 is 16.2 Å². The summed E-state index contributed by atoms with van der Waals surface area (Å²) in [4.78, 5) is 0. The van der Waals surface area contributed by atoms with E-state index in [1.54, 1.807) is 0 Å². The van der Waals surface area contributed by atoms with Gasteiger partial charge in [-0.05, 0) is 38.0 Å². The van der Waals surface area contributed by atoms with Crippen LogP contribution in [0, 0.1) is 5.92 Å². The van der Waals surface area contributed by atoms with Crippen molar-refractivity contribution in [3.8, 4) is 0 Å². The minimum absolute atomic E-state index is 0.151. The molecule has 0 saturated heterocycles. The quantitative estimate of drug-likeness (QED) is 0.754. The summed E-state index contributed by atoms with van der Waals surface area (Å²) >= 11 is 0. The van der Waals surface area contributed by atoms with Gasteiger partial charge in [0.1, 0.15) is 0 Å². The van der Waals surface area contributed by atoms with Crippen LogP contribution in [0.5, 0.6) is 0 Å². The average Bonchev–Trinajstić information content (AvgIpc) is 2.25. The van der Waals surface area contributed by atoms with Crippen LogP contribution in [0.2, 0.25) is 0 Å². The van der Waals surface area contributed by atoms with Crippen molar-refractivity contribution in [2.24, 2.45) is 17.4 Å². The first-order valence-electron chi connectivity index (χ1n) is 6.83. The third kappa shape index (κ3) is 2.96. The maximum Gasteiger partial charge on any atom is 0.0731 e. The molecule has 16 heavy (non-hydrogen) atoms. The predicted molar refractivity (Wildman–Crippen MR) is 66.1 cm³/mol. The highest BCUT2D eigenvalue weighted by atomic mass is 16.5. The molecule has 0 aromatic carbocycles. The van der Waals surface area contributed by atoms with Crippen LogP contribution in [0.25, 0.3) is 0 Å². The molecule has 4 N–H and O–H groups in total. The van der Waals surface area contributed by atoms with Crippen molar-refractivity contribution in [1.82, 2.24) is 0 Å². The SMILES string of the molecule is CC1CCCCC1OC1CCC(N)CC1N. The number of hydrogen-bond donors (Lipinski definition) is 2. The second-order valence-electron chi connectivity index (χ2n) is 5.71. The van der Waals surface area contributed by atoms with Gasteiger partial charge in [0.05, 0.1) is 12.2 Å². The minimum atomic E-state index is 0.151. The van der Waals surface area contributed by atoms with Crippen LogP contribution in [0.15, 0.2) is 0 Å². The smallest absolute Gasteiger partial charge is 0.0731 e. The maximum absolute atomic E-state index is 6.22. The molecule has 0 radical (unpaired) electrons. The molecule has 2 aliphatic carbocycles. The first-order chi connectivity index (χ1) is 7.66. The highest BCUT2D eigenvalue weighted by Gasteiger charge is 2.31. The summed E-state index contributed by atoms with van der Waals surface area (Å²) in [6, 6.07) is 0.441. The summed E-state index contributed by atoms with van der Waals surface area (Å²) in [5, 5.41) is 0. The Morgan fingerprint density at radius 1 is 0.938 bits per heavy atom. The Hall–Kier alpha value is -0.120. The molecule has 94 valence electrons. The molecule has 0 heterocycles. The van der Waals surface area contributed by atoms with Gasteiger partial charge >= 0.3 is 0 Å². The van der Waals surface area contributed by atoms with Gasteiger partial charge in [0, 0.05) is 12.1 Å². The molecule has 0 spiro atoms. The Labute approximate surface area is 98.9 Å². The van der Waals surface area contributed by atoms with Crippen LogP contribution in [0.3, 0.4) is 0 Å². The molecule has 0 aromatic heterocycles. The third-order valence-electron chi connectivity index (χ3n) is 4.26. The van der Waals surface area contributed by atoms with Gasteiger partial charge in [0.15, 0.2) is 0 Å².